The van der Waals surface area contributed by atoms with Gasteiger partial charge in [-0.25, -0.2) is 4.39 Å². The lowest BCUT2D eigenvalue weighted by molar-refractivity contribution is -0.116. The first-order valence-electron chi connectivity index (χ1n) is 4.04. The van der Waals surface area contributed by atoms with E-state index in [0.29, 0.717) is 5.69 Å². The van der Waals surface area contributed by atoms with E-state index >= 15 is 0 Å². The van der Waals surface area contributed by atoms with Crippen molar-refractivity contribution in [1.82, 2.24) is 0 Å². The summed E-state index contributed by atoms with van der Waals surface area (Å²) in [6.45, 7) is 1.75. The molecule has 1 heterocycles. The van der Waals surface area contributed by atoms with E-state index in [2.05, 4.69) is 10.6 Å². The molecule has 4 heteroatoms. The molecule has 0 aromatic heterocycles. The van der Waals surface area contributed by atoms with Crippen LogP contribution in [0, 0.1) is 5.82 Å². The number of carbonyl (C=O) groups excluding carboxylic acids is 1. The fourth-order valence-corrected chi connectivity index (χ4v) is 1.29. The normalized spacial score (nSPS) is 20.2. The number of halogens is 1. The first-order valence-corrected chi connectivity index (χ1v) is 4.04. The van der Waals surface area contributed by atoms with E-state index in [0.717, 1.165) is 5.69 Å². The van der Waals surface area contributed by atoms with Crippen molar-refractivity contribution in [2.24, 2.45) is 0 Å². The van der Waals surface area contributed by atoms with Gasteiger partial charge in [0.25, 0.3) is 0 Å². The van der Waals surface area contributed by atoms with Gasteiger partial charge in [-0.3, -0.25) is 4.79 Å². The smallest absolute Gasteiger partial charge is 0.246 e. The molecule has 0 fully saturated rings. The number of hydrogen-bond acceptors (Lipinski definition) is 2. The van der Waals surface area contributed by atoms with Gasteiger partial charge in [-0.15, -0.1) is 0 Å². The molecule has 1 aromatic rings. The second-order valence-corrected chi connectivity index (χ2v) is 3.05. The van der Waals surface area contributed by atoms with Crippen LogP contribution in [-0.2, 0) is 4.79 Å². The Morgan fingerprint density at radius 1 is 1.38 bits per heavy atom. The SMILES string of the molecule is CC1Nc2ccc(F)cc2NC1=O. The minimum atomic E-state index is -0.351. The topological polar surface area (TPSA) is 41.1 Å². The maximum absolute atomic E-state index is 12.7. The number of benzene rings is 1. The Morgan fingerprint density at radius 2 is 2.15 bits per heavy atom. The summed E-state index contributed by atoms with van der Waals surface area (Å²) < 4.78 is 12.7. The maximum Gasteiger partial charge on any atom is 0.246 e. The summed E-state index contributed by atoms with van der Waals surface area (Å²) in [5, 5.41) is 5.57. The predicted molar refractivity (Wildman–Crippen MR) is 48.1 cm³/mol. The van der Waals surface area contributed by atoms with Crippen LogP contribution in [0.25, 0.3) is 0 Å². The molecule has 0 bridgehead atoms. The van der Waals surface area contributed by atoms with Crippen molar-refractivity contribution in [3.05, 3.63) is 24.0 Å². The first kappa shape index (κ1) is 8.04. The molecule has 13 heavy (non-hydrogen) atoms. The van der Waals surface area contributed by atoms with E-state index in [1.54, 1.807) is 13.0 Å². The molecule has 0 radical (unpaired) electrons. The summed E-state index contributed by atoms with van der Waals surface area (Å²) in [6.07, 6.45) is 0. The first-order chi connectivity index (χ1) is 6.16. The number of anilines is 2. The number of rotatable bonds is 0. The summed E-state index contributed by atoms with van der Waals surface area (Å²) in [5.74, 6) is -0.492. The molecule has 1 unspecified atom stereocenters. The van der Waals surface area contributed by atoms with Crippen molar-refractivity contribution in [3.8, 4) is 0 Å². The Bertz CT molecular complexity index is 365. The van der Waals surface area contributed by atoms with Crippen LogP contribution in [0.15, 0.2) is 18.2 Å². The minimum Gasteiger partial charge on any atom is -0.372 e. The van der Waals surface area contributed by atoms with Gasteiger partial charge in [0.2, 0.25) is 5.91 Å². The molecular formula is C9H9FN2O. The van der Waals surface area contributed by atoms with Crippen LogP contribution in [0.1, 0.15) is 6.92 Å². The van der Waals surface area contributed by atoms with Gasteiger partial charge < -0.3 is 10.6 Å². The third kappa shape index (κ3) is 1.35. The highest BCUT2D eigenvalue weighted by Gasteiger charge is 2.20. The Morgan fingerprint density at radius 3 is 2.92 bits per heavy atom. The van der Waals surface area contributed by atoms with E-state index in [1.165, 1.54) is 12.1 Å². The average Bonchev–Trinajstić information content (AvgIpc) is 2.08. The lowest BCUT2D eigenvalue weighted by atomic mass is 10.1. The average molecular weight is 180 g/mol. The molecule has 3 nitrogen and oxygen atoms in total. The molecule has 1 aromatic carbocycles. The van der Waals surface area contributed by atoms with Gasteiger partial charge in [0.05, 0.1) is 11.4 Å². The minimum absolute atomic E-state index is 0.141. The maximum atomic E-state index is 12.7. The van der Waals surface area contributed by atoms with Crippen molar-refractivity contribution >= 4 is 17.3 Å². The third-order valence-electron chi connectivity index (χ3n) is 2.00. The second kappa shape index (κ2) is 2.73. The highest BCUT2D eigenvalue weighted by atomic mass is 19.1. The fraction of sp³-hybridized carbons (Fsp3) is 0.222. The molecule has 0 saturated carbocycles. The lowest BCUT2D eigenvalue weighted by Gasteiger charge is -2.23. The summed E-state index contributed by atoms with van der Waals surface area (Å²) >= 11 is 0. The van der Waals surface area contributed by atoms with Crippen molar-refractivity contribution in [2.45, 2.75) is 13.0 Å². The zero-order chi connectivity index (χ0) is 9.42. The molecule has 2 N–H and O–H groups in total. The Balaban J connectivity index is 2.42. The molecule has 1 atom stereocenters. The van der Waals surface area contributed by atoms with E-state index in [9.17, 15) is 9.18 Å². The van der Waals surface area contributed by atoms with Gasteiger partial charge in [0.1, 0.15) is 11.9 Å². The Labute approximate surface area is 74.9 Å². The van der Waals surface area contributed by atoms with Crippen LogP contribution in [0.5, 0.6) is 0 Å². The Kier molecular flexibility index (Phi) is 1.69. The van der Waals surface area contributed by atoms with Crippen LogP contribution in [-0.4, -0.2) is 11.9 Å². The molecule has 1 aliphatic rings. The van der Waals surface area contributed by atoms with Crippen molar-refractivity contribution in [2.75, 3.05) is 10.6 Å². The van der Waals surface area contributed by atoms with Crippen LogP contribution < -0.4 is 10.6 Å². The van der Waals surface area contributed by atoms with Crippen molar-refractivity contribution in [3.63, 3.8) is 0 Å². The molecule has 1 aliphatic heterocycles. The monoisotopic (exact) mass is 180 g/mol. The van der Waals surface area contributed by atoms with Crippen LogP contribution in [0.4, 0.5) is 15.8 Å². The zero-order valence-electron chi connectivity index (χ0n) is 7.10. The summed E-state index contributed by atoms with van der Waals surface area (Å²) in [5.41, 5.74) is 1.26. The van der Waals surface area contributed by atoms with E-state index in [1.807, 2.05) is 0 Å². The number of fused-ring (bicyclic) bond motifs is 1. The second-order valence-electron chi connectivity index (χ2n) is 3.05. The van der Waals surface area contributed by atoms with Gasteiger partial charge in [0.15, 0.2) is 0 Å². The van der Waals surface area contributed by atoms with Crippen LogP contribution in [0.2, 0.25) is 0 Å². The predicted octanol–water partition coefficient (Wildman–Crippen LogP) is 1.58. The third-order valence-corrected chi connectivity index (χ3v) is 2.00. The lowest BCUT2D eigenvalue weighted by Crippen LogP contribution is -2.36. The van der Waals surface area contributed by atoms with Crippen molar-refractivity contribution in [1.29, 1.82) is 0 Å². The molecule has 0 saturated heterocycles. The molecular weight excluding hydrogens is 171 g/mol. The van der Waals surface area contributed by atoms with Gasteiger partial charge in [-0.2, -0.15) is 0 Å². The van der Waals surface area contributed by atoms with Crippen LogP contribution in [0.3, 0.4) is 0 Å². The molecule has 1 amide bonds. The summed E-state index contributed by atoms with van der Waals surface area (Å²) in [4.78, 5) is 11.2. The molecule has 0 spiro atoms. The summed E-state index contributed by atoms with van der Waals surface area (Å²) in [7, 11) is 0. The van der Waals surface area contributed by atoms with Gasteiger partial charge in [-0.05, 0) is 25.1 Å². The molecule has 0 aliphatic carbocycles. The van der Waals surface area contributed by atoms with E-state index in [-0.39, 0.29) is 17.8 Å². The van der Waals surface area contributed by atoms with Gasteiger partial charge in [-0.1, -0.05) is 0 Å². The van der Waals surface area contributed by atoms with E-state index in [4.69, 9.17) is 0 Å². The number of carbonyl (C=O) groups is 1. The molecule has 2 rings (SSSR count). The number of nitrogens with one attached hydrogen (secondary N) is 2. The quantitative estimate of drug-likeness (QED) is 0.636. The standard InChI is InChI=1S/C9H9FN2O/c1-5-9(13)12-8-4-6(10)2-3-7(8)11-5/h2-5,11H,1H3,(H,12,13). The van der Waals surface area contributed by atoms with Gasteiger partial charge >= 0.3 is 0 Å². The van der Waals surface area contributed by atoms with Crippen molar-refractivity contribution < 1.29 is 9.18 Å². The number of amides is 1. The van der Waals surface area contributed by atoms with E-state index < -0.39 is 0 Å². The highest BCUT2D eigenvalue weighted by molar-refractivity contribution is 6.02. The number of hydrogen-bond donors (Lipinski definition) is 2. The zero-order valence-corrected chi connectivity index (χ0v) is 7.10. The fourth-order valence-electron chi connectivity index (χ4n) is 1.29. The largest absolute Gasteiger partial charge is 0.372 e. The molecule has 68 valence electrons. The summed E-state index contributed by atoms with van der Waals surface area (Å²) in [6, 6.07) is 4.00. The van der Waals surface area contributed by atoms with Gasteiger partial charge in [0, 0.05) is 0 Å². The highest BCUT2D eigenvalue weighted by Crippen LogP contribution is 2.26. The van der Waals surface area contributed by atoms with Crippen LogP contribution >= 0.6 is 0 Å². The Hall–Kier alpha value is -1.58.